The maximum Gasteiger partial charge on any atom is 0.232 e. The summed E-state index contributed by atoms with van der Waals surface area (Å²) in [6, 6.07) is 0.100. The van der Waals surface area contributed by atoms with Gasteiger partial charge in [-0.3, -0.25) is 4.79 Å². The highest BCUT2D eigenvalue weighted by Crippen LogP contribution is 2.49. The first-order valence-electron chi connectivity index (χ1n) is 6.58. The molecule has 1 saturated heterocycles. The number of hydrogen-bond acceptors (Lipinski definition) is 4. The molecule has 0 aromatic rings. The lowest BCUT2D eigenvalue weighted by Crippen LogP contribution is -2.55. The van der Waals surface area contributed by atoms with Gasteiger partial charge in [0.2, 0.25) is 15.9 Å². The molecule has 0 radical (unpaired) electrons. The Morgan fingerprint density at radius 1 is 1.37 bits per heavy atom. The van der Waals surface area contributed by atoms with Crippen LogP contribution in [0.2, 0.25) is 0 Å². The first-order valence-corrected chi connectivity index (χ1v) is 9.86. The van der Waals surface area contributed by atoms with E-state index in [4.69, 9.17) is 0 Å². The number of sulfonamides is 1. The molecular formula is C12H22N2O3S2. The third kappa shape index (κ3) is 3.86. The molecule has 1 aliphatic heterocycles. The fourth-order valence-corrected chi connectivity index (χ4v) is 4.43. The van der Waals surface area contributed by atoms with E-state index >= 15 is 0 Å². The number of nitrogens with zero attached hydrogens (tertiary/aromatic N) is 1. The lowest BCUT2D eigenvalue weighted by Gasteiger charge is -2.52. The highest BCUT2D eigenvalue weighted by molar-refractivity contribution is 7.99. The van der Waals surface area contributed by atoms with Crippen molar-refractivity contribution in [3.05, 3.63) is 0 Å². The normalized spacial score (nSPS) is 23.4. The average molecular weight is 306 g/mol. The molecule has 7 heteroatoms. The van der Waals surface area contributed by atoms with Crippen LogP contribution in [0.4, 0.5) is 0 Å². The number of thioether (sulfide) groups is 1. The van der Waals surface area contributed by atoms with Gasteiger partial charge in [-0.05, 0) is 37.4 Å². The highest BCUT2D eigenvalue weighted by atomic mass is 32.2. The van der Waals surface area contributed by atoms with Crippen LogP contribution >= 0.6 is 11.8 Å². The molecule has 2 aliphatic rings. The molecule has 0 aromatic carbocycles. The van der Waals surface area contributed by atoms with E-state index in [-0.39, 0.29) is 17.4 Å². The molecular weight excluding hydrogens is 284 g/mol. The summed E-state index contributed by atoms with van der Waals surface area (Å²) in [5, 5.41) is 0. The molecule has 1 N–H and O–H groups in total. The molecule has 2 rings (SSSR count). The minimum absolute atomic E-state index is 0.100. The highest BCUT2D eigenvalue weighted by Gasteiger charge is 2.46. The van der Waals surface area contributed by atoms with Crippen molar-refractivity contribution in [1.82, 2.24) is 9.62 Å². The van der Waals surface area contributed by atoms with E-state index < -0.39 is 10.0 Å². The van der Waals surface area contributed by atoms with E-state index in [1.807, 2.05) is 11.2 Å². The predicted molar refractivity (Wildman–Crippen MR) is 77.6 cm³/mol. The van der Waals surface area contributed by atoms with Crippen molar-refractivity contribution in [2.24, 2.45) is 5.41 Å². The Balaban J connectivity index is 1.78. The number of nitrogens with one attached hydrogen (secondary N) is 1. The number of hydrogen-bond donors (Lipinski definition) is 1. The van der Waals surface area contributed by atoms with Crippen LogP contribution < -0.4 is 4.72 Å². The van der Waals surface area contributed by atoms with Crippen molar-refractivity contribution in [3.63, 3.8) is 0 Å². The van der Waals surface area contributed by atoms with E-state index in [9.17, 15) is 13.2 Å². The van der Waals surface area contributed by atoms with Gasteiger partial charge in [-0.25, -0.2) is 13.1 Å². The first kappa shape index (κ1) is 15.1. The number of rotatable bonds is 4. The van der Waals surface area contributed by atoms with Gasteiger partial charge >= 0.3 is 0 Å². The second kappa shape index (κ2) is 5.61. The van der Waals surface area contributed by atoms with E-state index in [2.05, 4.69) is 4.72 Å². The quantitative estimate of drug-likeness (QED) is 0.829. The first-order chi connectivity index (χ1) is 8.84. The number of amides is 1. The summed E-state index contributed by atoms with van der Waals surface area (Å²) in [5.41, 5.74) is 0.276. The maximum absolute atomic E-state index is 11.8. The summed E-state index contributed by atoms with van der Waals surface area (Å²) in [6.45, 7) is 1.65. The zero-order valence-electron chi connectivity index (χ0n) is 11.5. The van der Waals surface area contributed by atoms with Gasteiger partial charge in [-0.2, -0.15) is 11.8 Å². The second-order valence-corrected chi connectivity index (χ2v) is 8.46. The van der Waals surface area contributed by atoms with Crippen molar-refractivity contribution >= 4 is 27.7 Å². The van der Waals surface area contributed by atoms with Crippen LogP contribution in [-0.2, 0) is 14.8 Å². The standard InChI is InChI=1S/C12H22N2O3S2/c1-18-9-11(15)14-5-3-12(4-6-14)7-10(8-12)13-19(2,16)17/h10,13H,3-9H2,1-2H3. The number of likely N-dealkylation sites (tertiary alicyclic amines) is 1. The Kier molecular flexibility index (Phi) is 4.47. The lowest BCUT2D eigenvalue weighted by atomic mass is 9.61. The zero-order valence-corrected chi connectivity index (χ0v) is 13.1. The summed E-state index contributed by atoms with van der Waals surface area (Å²) in [5.74, 6) is 0.790. The molecule has 1 saturated carbocycles. The predicted octanol–water partition coefficient (Wildman–Crippen LogP) is 0.670. The molecule has 0 bridgehead atoms. The summed E-state index contributed by atoms with van der Waals surface area (Å²) < 4.78 is 25.0. The zero-order chi connectivity index (χ0) is 14.1. The molecule has 1 spiro atoms. The van der Waals surface area contributed by atoms with E-state index in [0.29, 0.717) is 5.75 Å². The number of carbonyl (C=O) groups is 1. The lowest BCUT2D eigenvalue weighted by molar-refractivity contribution is -0.131. The number of carbonyl (C=O) groups excluding carboxylic acids is 1. The van der Waals surface area contributed by atoms with Gasteiger partial charge in [0.05, 0.1) is 12.0 Å². The van der Waals surface area contributed by atoms with E-state index in [0.717, 1.165) is 38.8 Å². The van der Waals surface area contributed by atoms with Gasteiger partial charge in [-0.15, -0.1) is 0 Å². The van der Waals surface area contributed by atoms with Crippen molar-refractivity contribution in [3.8, 4) is 0 Å². The summed E-state index contributed by atoms with van der Waals surface area (Å²) in [7, 11) is -3.09. The molecule has 0 atom stereocenters. The summed E-state index contributed by atoms with van der Waals surface area (Å²) in [4.78, 5) is 13.7. The average Bonchev–Trinajstić information content (AvgIpc) is 2.26. The van der Waals surface area contributed by atoms with Gasteiger partial charge in [0.1, 0.15) is 0 Å². The van der Waals surface area contributed by atoms with Gasteiger partial charge in [0, 0.05) is 19.1 Å². The Hall–Kier alpha value is -0.270. The fraction of sp³-hybridized carbons (Fsp3) is 0.917. The Morgan fingerprint density at radius 3 is 2.42 bits per heavy atom. The second-order valence-electron chi connectivity index (χ2n) is 5.81. The maximum atomic E-state index is 11.8. The van der Waals surface area contributed by atoms with Crippen LogP contribution in [0.3, 0.4) is 0 Å². The molecule has 1 aliphatic carbocycles. The van der Waals surface area contributed by atoms with E-state index in [1.54, 1.807) is 11.8 Å². The topological polar surface area (TPSA) is 66.5 Å². The van der Waals surface area contributed by atoms with Gasteiger partial charge in [0.15, 0.2) is 0 Å². The smallest absolute Gasteiger partial charge is 0.232 e. The Morgan fingerprint density at radius 2 is 1.95 bits per heavy atom. The van der Waals surface area contributed by atoms with Gasteiger partial charge in [-0.1, -0.05) is 0 Å². The summed E-state index contributed by atoms with van der Waals surface area (Å²) in [6.07, 6.45) is 7.01. The largest absolute Gasteiger partial charge is 0.342 e. The van der Waals surface area contributed by atoms with E-state index in [1.165, 1.54) is 6.26 Å². The molecule has 1 heterocycles. The molecule has 1 amide bonds. The third-order valence-electron chi connectivity index (χ3n) is 4.18. The fourth-order valence-electron chi connectivity index (χ4n) is 3.23. The minimum Gasteiger partial charge on any atom is -0.342 e. The molecule has 2 fully saturated rings. The van der Waals surface area contributed by atoms with Crippen LogP contribution in [0.15, 0.2) is 0 Å². The molecule has 110 valence electrons. The van der Waals surface area contributed by atoms with Gasteiger partial charge in [0.25, 0.3) is 0 Å². The molecule has 19 heavy (non-hydrogen) atoms. The SMILES string of the molecule is CSCC(=O)N1CCC2(CC1)CC(NS(C)(=O)=O)C2. The van der Waals surface area contributed by atoms with Crippen LogP contribution in [-0.4, -0.2) is 56.6 Å². The van der Waals surface area contributed by atoms with Crippen LogP contribution in [0, 0.1) is 5.41 Å². The monoisotopic (exact) mass is 306 g/mol. The summed E-state index contributed by atoms with van der Waals surface area (Å²) >= 11 is 1.56. The molecule has 0 aromatic heterocycles. The Labute approximate surface area is 119 Å². The molecule has 0 unspecified atom stereocenters. The van der Waals surface area contributed by atoms with Crippen molar-refractivity contribution in [2.75, 3.05) is 31.4 Å². The van der Waals surface area contributed by atoms with Crippen LogP contribution in [0.1, 0.15) is 25.7 Å². The van der Waals surface area contributed by atoms with Crippen molar-refractivity contribution in [1.29, 1.82) is 0 Å². The van der Waals surface area contributed by atoms with Gasteiger partial charge < -0.3 is 4.90 Å². The third-order valence-corrected chi connectivity index (χ3v) is 5.48. The molecule has 5 nitrogen and oxygen atoms in total. The van der Waals surface area contributed by atoms with Crippen LogP contribution in [0.5, 0.6) is 0 Å². The van der Waals surface area contributed by atoms with Crippen LogP contribution in [0.25, 0.3) is 0 Å². The van der Waals surface area contributed by atoms with Crippen molar-refractivity contribution in [2.45, 2.75) is 31.7 Å². The number of piperidine rings is 1. The Bertz CT molecular complexity index is 434. The minimum atomic E-state index is -3.09. The van der Waals surface area contributed by atoms with Crippen molar-refractivity contribution < 1.29 is 13.2 Å².